The Morgan fingerprint density at radius 1 is 1.12 bits per heavy atom. The monoisotopic (exact) mass is 230 g/mol. The Kier molecular flexibility index (Phi) is 6.60. The van der Waals surface area contributed by atoms with Gasteiger partial charge in [-0.3, -0.25) is 4.79 Å². The van der Waals surface area contributed by atoms with Gasteiger partial charge >= 0.3 is 0 Å². The van der Waals surface area contributed by atoms with E-state index in [2.05, 4.69) is 4.90 Å². The highest BCUT2D eigenvalue weighted by Gasteiger charge is 2.15. The van der Waals surface area contributed by atoms with E-state index in [1.165, 1.54) is 0 Å². The number of hydrogen-bond acceptors (Lipinski definition) is 3. The summed E-state index contributed by atoms with van der Waals surface area (Å²) >= 11 is 0. The quantitative estimate of drug-likeness (QED) is 0.687. The normalized spacial score (nSPS) is 11.9. The molecule has 0 heterocycles. The lowest BCUT2D eigenvalue weighted by atomic mass is 10.2. The molecule has 1 amide bonds. The number of carbonyl (C=O) groups excluding carboxylic acids is 1. The number of ether oxygens (including phenoxy) is 1. The van der Waals surface area contributed by atoms with Crippen molar-refractivity contribution in [2.45, 2.75) is 32.8 Å². The molecule has 0 aromatic heterocycles. The van der Waals surface area contributed by atoms with Gasteiger partial charge in [-0.25, -0.2) is 0 Å². The largest absolute Gasteiger partial charge is 0.366 e. The van der Waals surface area contributed by atoms with E-state index in [-0.39, 0.29) is 18.1 Å². The van der Waals surface area contributed by atoms with Gasteiger partial charge < -0.3 is 14.5 Å². The standard InChI is InChI=1S/C12H26N2O2/c1-12(2,3)16-10-11(15)14(6)9-7-8-13(4)5/h7-10H2,1-6H3. The molecule has 0 aromatic carbocycles. The summed E-state index contributed by atoms with van der Waals surface area (Å²) < 4.78 is 5.44. The Hall–Kier alpha value is -0.610. The van der Waals surface area contributed by atoms with Crippen molar-refractivity contribution in [1.29, 1.82) is 0 Å². The molecule has 0 atom stereocenters. The van der Waals surface area contributed by atoms with Crippen molar-refractivity contribution in [2.24, 2.45) is 0 Å². The topological polar surface area (TPSA) is 32.8 Å². The van der Waals surface area contributed by atoms with Gasteiger partial charge in [-0.15, -0.1) is 0 Å². The minimum absolute atomic E-state index is 0.0497. The van der Waals surface area contributed by atoms with E-state index >= 15 is 0 Å². The van der Waals surface area contributed by atoms with Gasteiger partial charge in [-0.05, 0) is 47.8 Å². The maximum Gasteiger partial charge on any atom is 0.248 e. The van der Waals surface area contributed by atoms with Crippen molar-refractivity contribution in [3.05, 3.63) is 0 Å². The molecule has 0 aliphatic carbocycles. The van der Waals surface area contributed by atoms with Crippen LogP contribution in [-0.4, -0.2) is 62.1 Å². The van der Waals surface area contributed by atoms with Crippen LogP contribution < -0.4 is 0 Å². The predicted molar refractivity (Wildman–Crippen MR) is 66.5 cm³/mol. The van der Waals surface area contributed by atoms with E-state index in [0.717, 1.165) is 19.5 Å². The third-order valence-corrected chi connectivity index (χ3v) is 2.15. The number of carbonyl (C=O) groups is 1. The summed E-state index contributed by atoms with van der Waals surface area (Å²) in [5, 5.41) is 0. The minimum Gasteiger partial charge on any atom is -0.366 e. The van der Waals surface area contributed by atoms with Crippen LogP contribution in [0.5, 0.6) is 0 Å². The molecule has 0 N–H and O–H groups in total. The molecule has 0 saturated heterocycles. The van der Waals surface area contributed by atoms with Crippen LogP contribution in [0, 0.1) is 0 Å². The summed E-state index contributed by atoms with van der Waals surface area (Å²) in [6, 6.07) is 0. The van der Waals surface area contributed by atoms with Crippen molar-refractivity contribution < 1.29 is 9.53 Å². The number of nitrogens with zero attached hydrogens (tertiary/aromatic N) is 2. The molecular weight excluding hydrogens is 204 g/mol. The molecule has 4 nitrogen and oxygen atoms in total. The molecule has 0 saturated carbocycles. The molecule has 0 unspecified atom stereocenters. The van der Waals surface area contributed by atoms with Crippen molar-refractivity contribution in [3.63, 3.8) is 0 Å². The van der Waals surface area contributed by atoms with E-state index in [4.69, 9.17) is 4.74 Å². The van der Waals surface area contributed by atoms with Gasteiger partial charge in [0, 0.05) is 13.6 Å². The second-order valence-corrected chi connectivity index (χ2v) is 5.37. The minimum atomic E-state index is -0.250. The number of likely N-dealkylation sites (N-methyl/N-ethyl adjacent to an activating group) is 1. The summed E-state index contributed by atoms with van der Waals surface area (Å²) in [5.41, 5.74) is -0.250. The lowest BCUT2D eigenvalue weighted by Gasteiger charge is -2.23. The summed E-state index contributed by atoms with van der Waals surface area (Å²) in [7, 11) is 5.89. The molecule has 0 spiro atoms. The van der Waals surface area contributed by atoms with Gasteiger partial charge in [-0.2, -0.15) is 0 Å². The lowest BCUT2D eigenvalue weighted by molar-refractivity contribution is -0.139. The van der Waals surface area contributed by atoms with Crippen LogP contribution in [-0.2, 0) is 9.53 Å². The second kappa shape index (κ2) is 6.86. The van der Waals surface area contributed by atoms with Crippen LogP contribution in [0.1, 0.15) is 27.2 Å². The SMILES string of the molecule is CN(C)CCCN(C)C(=O)COC(C)(C)C. The maximum absolute atomic E-state index is 11.7. The van der Waals surface area contributed by atoms with E-state index in [1.807, 2.05) is 41.9 Å². The van der Waals surface area contributed by atoms with E-state index in [9.17, 15) is 4.79 Å². The molecule has 0 radical (unpaired) electrons. The fourth-order valence-corrected chi connectivity index (χ4v) is 1.14. The third-order valence-electron chi connectivity index (χ3n) is 2.15. The van der Waals surface area contributed by atoms with Crippen LogP contribution in [0.25, 0.3) is 0 Å². The highest BCUT2D eigenvalue weighted by Crippen LogP contribution is 2.06. The average molecular weight is 230 g/mol. The summed E-state index contributed by atoms with van der Waals surface area (Å²) in [4.78, 5) is 15.5. The molecule has 16 heavy (non-hydrogen) atoms. The molecule has 0 aliphatic heterocycles. The summed E-state index contributed by atoms with van der Waals surface area (Å²) in [5.74, 6) is 0.0497. The van der Waals surface area contributed by atoms with Crippen molar-refractivity contribution in [1.82, 2.24) is 9.80 Å². The van der Waals surface area contributed by atoms with Crippen LogP contribution in [0.4, 0.5) is 0 Å². The van der Waals surface area contributed by atoms with Crippen LogP contribution in [0.2, 0.25) is 0 Å². The number of amides is 1. The molecule has 0 aromatic rings. The van der Waals surface area contributed by atoms with Crippen LogP contribution in [0.3, 0.4) is 0 Å². The first-order chi connectivity index (χ1) is 7.22. The van der Waals surface area contributed by atoms with E-state index < -0.39 is 0 Å². The van der Waals surface area contributed by atoms with Gasteiger partial charge in [0.1, 0.15) is 6.61 Å². The first kappa shape index (κ1) is 15.4. The summed E-state index contributed by atoms with van der Waals surface area (Å²) in [6.07, 6.45) is 0.991. The first-order valence-corrected chi connectivity index (χ1v) is 5.75. The predicted octanol–water partition coefficient (Wildman–Crippen LogP) is 1.21. The first-order valence-electron chi connectivity index (χ1n) is 5.75. The van der Waals surface area contributed by atoms with Gasteiger partial charge in [0.2, 0.25) is 5.91 Å². The van der Waals surface area contributed by atoms with Crippen LogP contribution in [0.15, 0.2) is 0 Å². The maximum atomic E-state index is 11.7. The molecule has 0 aliphatic rings. The van der Waals surface area contributed by atoms with Gasteiger partial charge in [0.15, 0.2) is 0 Å². The Balaban J connectivity index is 3.74. The van der Waals surface area contributed by atoms with Crippen molar-refractivity contribution in [2.75, 3.05) is 40.8 Å². The Morgan fingerprint density at radius 2 is 1.69 bits per heavy atom. The molecular formula is C12H26N2O2. The highest BCUT2D eigenvalue weighted by molar-refractivity contribution is 5.77. The van der Waals surface area contributed by atoms with Crippen molar-refractivity contribution in [3.8, 4) is 0 Å². The molecule has 0 bridgehead atoms. The lowest BCUT2D eigenvalue weighted by Crippen LogP contribution is -2.35. The Morgan fingerprint density at radius 3 is 2.12 bits per heavy atom. The molecule has 4 heteroatoms. The van der Waals surface area contributed by atoms with Gasteiger partial charge in [0.25, 0.3) is 0 Å². The Labute approximate surface area is 99.5 Å². The van der Waals surface area contributed by atoms with Crippen molar-refractivity contribution >= 4 is 5.91 Å². The zero-order valence-corrected chi connectivity index (χ0v) is 11.5. The highest BCUT2D eigenvalue weighted by atomic mass is 16.5. The average Bonchev–Trinajstić information content (AvgIpc) is 2.12. The van der Waals surface area contributed by atoms with E-state index in [0.29, 0.717) is 0 Å². The summed E-state index contributed by atoms with van der Waals surface area (Å²) in [6.45, 7) is 7.80. The number of rotatable bonds is 6. The molecule has 0 rings (SSSR count). The van der Waals surface area contributed by atoms with E-state index in [1.54, 1.807) is 4.90 Å². The zero-order valence-electron chi connectivity index (χ0n) is 11.5. The number of hydrogen-bond donors (Lipinski definition) is 0. The zero-order chi connectivity index (χ0) is 12.8. The third kappa shape index (κ3) is 8.68. The molecule has 0 fully saturated rings. The Bertz CT molecular complexity index is 210. The smallest absolute Gasteiger partial charge is 0.248 e. The van der Waals surface area contributed by atoms with Crippen LogP contribution >= 0.6 is 0 Å². The fourth-order valence-electron chi connectivity index (χ4n) is 1.14. The molecule has 96 valence electrons. The second-order valence-electron chi connectivity index (χ2n) is 5.37. The van der Waals surface area contributed by atoms with Gasteiger partial charge in [-0.1, -0.05) is 0 Å². The van der Waals surface area contributed by atoms with Gasteiger partial charge in [0.05, 0.1) is 5.60 Å². The fraction of sp³-hybridized carbons (Fsp3) is 0.917.